The number of amides is 3. The molecule has 46 heavy (non-hydrogen) atoms. The Kier molecular flexibility index (Phi) is 11.5. The van der Waals surface area contributed by atoms with Crippen LogP contribution in [0.2, 0.25) is 0 Å². The molecule has 0 radical (unpaired) electrons. The third-order valence-corrected chi connectivity index (χ3v) is 7.97. The maximum Gasteiger partial charge on any atom is 0.276 e. The van der Waals surface area contributed by atoms with E-state index in [0.717, 1.165) is 0 Å². The van der Waals surface area contributed by atoms with Crippen molar-refractivity contribution >= 4 is 52.6 Å². The molecule has 3 N–H and O–H groups in total. The fourth-order valence-electron chi connectivity index (χ4n) is 4.31. The summed E-state index contributed by atoms with van der Waals surface area (Å²) in [4.78, 5) is 51.4. The Balaban J connectivity index is 1.54. The van der Waals surface area contributed by atoms with Gasteiger partial charge in [-0.3, -0.25) is 24.5 Å². The lowest BCUT2D eigenvalue weighted by molar-refractivity contribution is -0.385. The molecule has 12 heteroatoms. The molecule has 4 aromatic rings. The van der Waals surface area contributed by atoms with Gasteiger partial charge in [-0.05, 0) is 48.9 Å². The van der Waals surface area contributed by atoms with Crippen LogP contribution in [-0.2, 0) is 9.59 Å². The second-order valence-electron chi connectivity index (χ2n) is 9.78. The fraction of sp³-hybridized carbons (Fsp3) is 0.147. The van der Waals surface area contributed by atoms with Crippen molar-refractivity contribution < 1.29 is 28.8 Å². The number of nitro groups is 1. The van der Waals surface area contributed by atoms with Gasteiger partial charge in [-0.1, -0.05) is 43.3 Å². The summed E-state index contributed by atoms with van der Waals surface area (Å²) < 4.78 is 10.6. The van der Waals surface area contributed by atoms with Crippen LogP contribution in [-0.4, -0.2) is 42.1 Å². The van der Waals surface area contributed by atoms with Gasteiger partial charge in [0.1, 0.15) is 17.2 Å². The van der Waals surface area contributed by atoms with Crippen LogP contribution in [0.25, 0.3) is 6.08 Å². The van der Waals surface area contributed by atoms with Gasteiger partial charge in [0.2, 0.25) is 5.91 Å². The topological polar surface area (TPSA) is 149 Å². The van der Waals surface area contributed by atoms with Gasteiger partial charge in [-0.25, -0.2) is 0 Å². The van der Waals surface area contributed by atoms with Crippen molar-refractivity contribution in [1.29, 1.82) is 0 Å². The van der Waals surface area contributed by atoms with Gasteiger partial charge < -0.3 is 25.4 Å². The first-order valence-electron chi connectivity index (χ1n) is 14.1. The number of nitrogens with one attached hydrogen (secondary N) is 3. The highest BCUT2D eigenvalue weighted by Crippen LogP contribution is 2.31. The quantitative estimate of drug-likeness (QED) is 0.0646. The molecule has 11 nitrogen and oxygen atoms in total. The lowest BCUT2D eigenvalue weighted by atomic mass is 10.1. The maximum atomic E-state index is 13.5. The molecule has 0 spiro atoms. The van der Waals surface area contributed by atoms with Crippen molar-refractivity contribution in [1.82, 2.24) is 5.32 Å². The van der Waals surface area contributed by atoms with E-state index in [1.165, 1.54) is 50.3 Å². The van der Waals surface area contributed by atoms with Gasteiger partial charge in [0, 0.05) is 46.1 Å². The van der Waals surface area contributed by atoms with Crippen molar-refractivity contribution in [3.8, 4) is 11.5 Å². The van der Waals surface area contributed by atoms with E-state index < -0.39 is 22.0 Å². The van der Waals surface area contributed by atoms with Crippen LogP contribution in [0, 0.1) is 10.1 Å². The number of benzene rings is 4. The summed E-state index contributed by atoms with van der Waals surface area (Å²) in [6.07, 6.45) is 1.78. The van der Waals surface area contributed by atoms with E-state index in [1.807, 2.05) is 13.0 Å². The monoisotopic (exact) mass is 640 g/mol. The van der Waals surface area contributed by atoms with Crippen molar-refractivity contribution in [2.45, 2.75) is 23.5 Å². The second kappa shape index (κ2) is 15.9. The number of nitrogens with zero attached hydrogens (tertiary/aromatic N) is 1. The van der Waals surface area contributed by atoms with E-state index in [-0.39, 0.29) is 22.9 Å². The van der Waals surface area contributed by atoms with E-state index >= 15 is 0 Å². The molecule has 0 saturated heterocycles. The molecule has 0 aliphatic carbocycles. The third-order valence-electron chi connectivity index (χ3n) is 6.61. The Labute approximate surface area is 270 Å². The Morgan fingerprint density at radius 2 is 1.52 bits per heavy atom. The predicted octanol–water partition coefficient (Wildman–Crippen LogP) is 6.53. The zero-order chi connectivity index (χ0) is 33.1. The summed E-state index contributed by atoms with van der Waals surface area (Å²) in [5.41, 5.74) is 0.943. The first-order chi connectivity index (χ1) is 22.2. The molecule has 0 aromatic heterocycles. The number of methoxy groups -OCH3 is 2. The SMILES string of the molecule is CCC(Sc1cccc(NC(=O)/C(=C\c2ccccc2[N+](=O)[O-])NC(=O)c2ccccc2)c1)C(=O)Nc1cc(OC)cc(OC)c1. The smallest absolute Gasteiger partial charge is 0.276 e. The van der Waals surface area contributed by atoms with Gasteiger partial charge >= 0.3 is 0 Å². The molecule has 236 valence electrons. The highest BCUT2D eigenvalue weighted by molar-refractivity contribution is 8.00. The number of carbonyl (C=O) groups excluding carboxylic acids is 3. The van der Waals surface area contributed by atoms with E-state index in [4.69, 9.17) is 9.47 Å². The summed E-state index contributed by atoms with van der Waals surface area (Å²) in [7, 11) is 3.05. The van der Waals surface area contributed by atoms with Crippen molar-refractivity contribution in [3.63, 3.8) is 0 Å². The van der Waals surface area contributed by atoms with Crippen LogP contribution in [0.15, 0.2) is 108 Å². The predicted molar refractivity (Wildman–Crippen MR) is 178 cm³/mol. The van der Waals surface area contributed by atoms with Crippen LogP contribution in [0.5, 0.6) is 11.5 Å². The minimum absolute atomic E-state index is 0.140. The molecule has 0 bridgehead atoms. The molecule has 0 aliphatic rings. The van der Waals surface area contributed by atoms with Crippen LogP contribution in [0.1, 0.15) is 29.3 Å². The summed E-state index contributed by atoms with van der Waals surface area (Å²) >= 11 is 1.32. The van der Waals surface area contributed by atoms with E-state index in [9.17, 15) is 24.5 Å². The summed E-state index contributed by atoms with van der Waals surface area (Å²) in [5.74, 6) is -0.407. The number of ether oxygens (including phenoxy) is 2. The molecule has 1 atom stereocenters. The molecule has 4 aromatic carbocycles. The van der Waals surface area contributed by atoms with Crippen LogP contribution >= 0.6 is 11.8 Å². The molecular weight excluding hydrogens is 608 g/mol. The summed E-state index contributed by atoms with van der Waals surface area (Å²) in [6, 6.07) is 26.2. The third kappa shape index (κ3) is 8.96. The first-order valence-corrected chi connectivity index (χ1v) is 15.0. The van der Waals surface area contributed by atoms with Gasteiger partial charge in [0.15, 0.2) is 0 Å². The standard InChI is InChI=1S/C34H32N4O7S/c1-4-31(34(41)36-25-18-26(44-2)21-27(19-25)45-3)46-28-15-10-14-24(20-28)35-33(40)29(37-32(39)22-11-6-5-7-12-22)17-23-13-8-9-16-30(23)38(42)43/h5-21,31H,4H2,1-3H3,(H,35,40)(H,36,41)(H,37,39)/b29-17+. The molecule has 4 rings (SSSR count). The maximum absolute atomic E-state index is 13.5. The summed E-state index contributed by atoms with van der Waals surface area (Å²) in [6.45, 7) is 1.89. The second-order valence-corrected chi connectivity index (χ2v) is 11.1. The number of rotatable bonds is 13. The minimum Gasteiger partial charge on any atom is -0.497 e. The molecule has 0 heterocycles. The number of nitro benzene ring substituents is 1. The minimum atomic E-state index is -0.693. The van der Waals surface area contributed by atoms with E-state index in [1.54, 1.807) is 72.8 Å². The number of hydrogen-bond donors (Lipinski definition) is 3. The van der Waals surface area contributed by atoms with Gasteiger partial charge in [0.25, 0.3) is 17.5 Å². The van der Waals surface area contributed by atoms with Crippen molar-refractivity contribution in [3.05, 3.63) is 124 Å². The number of hydrogen-bond acceptors (Lipinski definition) is 8. The molecule has 1 unspecified atom stereocenters. The van der Waals surface area contributed by atoms with Gasteiger partial charge in [-0.15, -0.1) is 11.8 Å². The molecule has 0 fully saturated rings. The number of thioether (sulfide) groups is 1. The Morgan fingerprint density at radius 3 is 2.17 bits per heavy atom. The largest absolute Gasteiger partial charge is 0.497 e. The number of anilines is 2. The number of para-hydroxylation sites is 1. The average Bonchev–Trinajstić information content (AvgIpc) is 3.07. The molecule has 3 amide bonds. The van der Waals surface area contributed by atoms with Crippen LogP contribution in [0.4, 0.5) is 17.1 Å². The average molecular weight is 641 g/mol. The molecule has 0 aliphatic heterocycles. The zero-order valence-electron chi connectivity index (χ0n) is 25.3. The normalized spacial score (nSPS) is 11.6. The van der Waals surface area contributed by atoms with Gasteiger partial charge in [0.05, 0.1) is 30.0 Å². The molecular formula is C34H32N4O7S. The van der Waals surface area contributed by atoms with Crippen molar-refractivity contribution in [2.75, 3.05) is 24.9 Å². The zero-order valence-corrected chi connectivity index (χ0v) is 26.1. The Hall–Kier alpha value is -5.62. The lowest BCUT2D eigenvalue weighted by Gasteiger charge is -2.17. The van der Waals surface area contributed by atoms with Gasteiger partial charge in [-0.2, -0.15) is 0 Å². The van der Waals surface area contributed by atoms with E-state index in [2.05, 4.69) is 16.0 Å². The fourth-order valence-corrected chi connectivity index (χ4v) is 5.32. The first kappa shape index (κ1) is 33.3. The van der Waals surface area contributed by atoms with E-state index in [0.29, 0.717) is 39.8 Å². The van der Waals surface area contributed by atoms with Crippen LogP contribution < -0.4 is 25.4 Å². The molecule has 0 saturated carbocycles. The Bertz CT molecular complexity index is 1740. The highest BCUT2D eigenvalue weighted by Gasteiger charge is 2.21. The van der Waals surface area contributed by atoms with Crippen molar-refractivity contribution in [2.24, 2.45) is 0 Å². The lowest BCUT2D eigenvalue weighted by Crippen LogP contribution is -2.30. The number of carbonyl (C=O) groups is 3. The Morgan fingerprint density at radius 1 is 0.848 bits per heavy atom. The summed E-state index contributed by atoms with van der Waals surface area (Å²) in [5, 5.41) is 19.4. The highest BCUT2D eigenvalue weighted by atomic mass is 32.2. The van der Waals surface area contributed by atoms with Crippen LogP contribution in [0.3, 0.4) is 0 Å².